The van der Waals surface area contributed by atoms with Crippen LogP contribution in [-0.2, 0) is 20.7 Å². The molecule has 2 N–H and O–H groups in total. The van der Waals surface area contributed by atoms with Crippen LogP contribution in [0.3, 0.4) is 0 Å². The van der Waals surface area contributed by atoms with Crippen molar-refractivity contribution in [2.75, 3.05) is 12.8 Å². The van der Waals surface area contributed by atoms with Gasteiger partial charge in [0.2, 0.25) is 5.95 Å². The van der Waals surface area contributed by atoms with E-state index in [2.05, 4.69) is 14.8 Å². The van der Waals surface area contributed by atoms with Gasteiger partial charge in [0, 0.05) is 0 Å². The van der Waals surface area contributed by atoms with Crippen molar-refractivity contribution in [1.29, 1.82) is 0 Å². The second kappa shape index (κ2) is 5.03. The zero-order chi connectivity index (χ0) is 13.9. The first-order valence-corrected chi connectivity index (χ1v) is 5.24. The second-order valence-corrected chi connectivity index (χ2v) is 4.53. The van der Waals surface area contributed by atoms with Crippen molar-refractivity contribution in [3.8, 4) is 0 Å². The molecule has 1 rings (SSSR count). The van der Waals surface area contributed by atoms with Gasteiger partial charge >= 0.3 is 12.1 Å². The van der Waals surface area contributed by atoms with Gasteiger partial charge in [-0.2, -0.15) is 4.98 Å². The lowest BCUT2D eigenvalue weighted by Gasteiger charge is -2.18. The maximum atomic E-state index is 11.7. The molecule has 1 aromatic heterocycles. The lowest BCUT2D eigenvalue weighted by molar-refractivity contribution is -0.139. The summed E-state index contributed by atoms with van der Waals surface area (Å²) in [5, 5.41) is 3.79. The molecule has 0 unspecified atom stereocenters. The first-order chi connectivity index (χ1) is 8.23. The first kappa shape index (κ1) is 13.9. The number of carbonyl (C=O) groups excluding carboxylic acids is 2. The fourth-order valence-electron chi connectivity index (χ4n) is 1.08. The molecule has 8 nitrogen and oxygen atoms in total. The van der Waals surface area contributed by atoms with Crippen molar-refractivity contribution in [2.45, 2.75) is 32.8 Å². The van der Waals surface area contributed by atoms with Gasteiger partial charge in [-0.3, -0.25) is 4.79 Å². The molecular weight excluding hydrogens is 240 g/mol. The molecule has 0 aliphatic rings. The highest BCUT2D eigenvalue weighted by molar-refractivity contribution is 5.74. The van der Waals surface area contributed by atoms with Crippen molar-refractivity contribution < 1.29 is 19.1 Å². The molecule has 0 aliphatic heterocycles. The Labute approximate surface area is 104 Å². The molecule has 0 saturated carbocycles. The number of nitrogen functional groups attached to an aromatic ring is 1. The molecule has 0 atom stereocenters. The molecule has 0 spiro atoms. The van der Waals surface area contributed by atoms with Gasteiger partial charge in [0.05, 0.1) is 7.11 Å². The number of esters is 1. The maximum absolute atomic E-state index is 11.7. The molecule has 0 saturated heterocycles. The van der Waals surface area contributed by atoms with Gasteiger partial charge in [0.1, 0.15) is 12.0 Å². The van der Waals surface area contributed by atoms with Crippen molar-refractivity contribution in [1.82, 2.24) is 14.8 Å². The lowest BCUT2D eigenvalue weighted by atomic mass is 10.2. The minimum atomic E-state index is -0.747. The third-order valence-corrected chi connectivity index (χ3v) is 1.77. The smallest absolute Gasteiger partial charge is 0.438 e. The van der Waals surface area contributed by atoms with Crippen LogP contribution in [0.5, 0.6) is 0 Å². The highest BCUT2D eigenvalue weighted by Crippen LogP contribution is 2.10. The number of ether oxygens (including phenoxy) is 2. The number of methoxy groups -OCH3 is 1. The van der Waals surface area contributed by atoms with Crippen molar-refractivity contribution in [3.05, 3.63) is 5.82 Å². The Morgan fingerprint density at radius 3 is 2.50 bits per heavy atom. The number of nitrogens with zero attached hydrogens (tertiary/aromatic N) is 3. The number of hydrogen-bond donors (Lipinski definition) is 1. The fraction of sp³-hybridized carbons (Fsp3) is 0.600. The number of anilines is 1. The average molecular weight is 256 g/mol. The Hall–Kier alpha value is -2.12. The topological polar surface area (TPSA) is 109 Å². The molecule has 0 bridgehead atoms. The number of hydrogen-bond acceptors (Lipinski definition) is 7. The molecule has 0 aliphatic carbocycles. The zero-order valence-electron chi connectivity index (χ0n) is 10.8. The Morgan fingerprint density at radius 1 is 1.39 bits per heavy atom. The van der Waals surface area contributed by atoms with E-state index < -0.39 is 17.7 Å². The van der Waals surface area contributed by atoms with Gasteiger partial charge in [-0.25, -0.2) is 4.79 Å². The number of nitrogens with two attached hydrogens (primary N) is 1. The van der Waals surface area contributed by atoms with Gasteiger partial charge < -0.3 is 15.2 Å². The normalized spacial score (nSPS) is 11.1. The Kier molecular flexibility index (Phi) is 3.89. The third kappa shape index (κ3) is 3.72. The van der Waals surface area contributed by atoms with Crippen LogP contribution in [0.15, 0.2) is 0 Å². The van der Waals surface area contributed by atoms with Crippen LogP contribution in [-0.4, -0.2) is 39.5 Å². The molecule has 0 amide bonds. The van der Waals surface area contributed by atoms with E-state index in [1.54, 1.807) is 20.8 Å². The standard InChI is InChI=1S/C10H16N4O4/c1-10(2,3)18-9(16)14-8(11)12-6(13-14)5-7(15)17-4/h5H2,1-4H3,(H2,11,12,13). The van der Waals surface area contributed by atoms with Crippen molar-refractivity contribution in [3.63, 3.8) is 0 Å². The van der Waals surface area contributed by atoms with Gasteiger partial charge in [0.25, 0.3) is 0 Å². The van der Waals surface area contributed by atoms with Crippen LogP contribution < -0.4 is 5.73 Å². The maximum Gasteiger partial charge on any atom is 0.438 e. The molecule has 100 valence electrons. The van der Waals surface area contributed by atoms with Gasteiger partial charge in [-0.15, -0.1) is 9.78 Å². The largest absolute Gasteiger partial charge is 0.469 e. The van der Waals surface area contributed by atoms with Crippen LogP contribution in [0.1, 0.15) is 26.6 Å². The molecule has 0 fully saturated rings. The van der Waals surface area contributed by atoms with E-state index in [4.69, 9.17) is 10.5 Å². The van der Waals surface area contributed by atoms with Crippen LogP contribution in [0.2, 0.25) is 0 Å². The Balaban J connectivity index is 2.84. The lowest BCUT2D eigenvalue weighted by Crippen LogP contribution is -2.28. The van der Waals surface area contributed by atoms with E-state index in [-0.39, 0.29) is 18.2 Å². The molecule has 1 heterocycles. The monoisotopic (exact) mass is 256 g/mol. The molecular formula is C10H16N4O4. The number of rotatable bonds is 2. The molecule has 1 aromatic rings. The minimum Gasteiger partial charge on any atom is -0.469 e. The van der Waals surface area contributed by atoms with Crippen molar-refractivity contribution in [2.24, 2.45) is 0 Å². The van der Waals surface area contributed by atoms with Crippen LogP contribution in [0, 0.1) is 0 Å². The molecule has 0 aromatic carbocycles. The quantitative estimate of drug-likeness (QED) is 0.760. The van der Waals surface area contributed by atoms with E-state index in [1.807, 2.05) is 0 Å². The molecule has 0 radical (unpaired) electrons. The fourth-order valence-corrected chi connectivity index (χ4v) is 1.08. The average Bonchev–Trinajstić information content (AvgIpc) is 2.56. The minimum absolute atomic E-state index is 0.102. The number of carbonyl (C=O) groups is 2. The summed E-state index contributed by atoms with van der Waals surface area (Å²) in [5.41, 5.74) is 4.85. The van der Waals surface area contributed by atoms with Crippen LogP contribution in [0.4, 0.5) is 10.7 Å². The summed E-state index contributed by atoms with van der Waals surface area (Å²) in [6.45, 7) is 5.15. The van der Waals surface area contributed by atoms with Crippen LogP contribution >= 0.6 is 0 Å². The van der Waals surface area contributed by atoms with Crippen LogP contribution in [0.25, 0.3) is 0 Å². The highest BCUT2D eigenvalue weighted by atomic mass is 16.6. The summed E-state index contributed by atoms with van der Waals surface area (Å²) < 4.78 is 10.3. The summed E-state index contributed by atoms with van der Waals surface area (Å²) in [4.78, 5) is 26.5. The van der Waals surface area contributed by atoms with Gasteiger partial charge in [-0.05, 0) is 20.8 Å². The third-order valence-electron chi connectivity index (χ3n) is 1.77. The van der Waals surface area contributed by atoms with Crippen molar-refractivity contribution >= 4 is 18.0 Å². The van der Waals surface area contributed by atoms with E-state index in [0.717, 1.165) is 4.68 Å². The summed E-state index contributed by atoms with van der Waals surface area (Å²) in [6, 6.07) is 0. The predicted molar refractivity (Wildman–Crippen MR) is 61.8 cm³/mol. The van der Waals surface area contributed by atoms with Gasteiger partial charge in [0.15, 0.2) is 5.82 Å². The summed E-state index contributed by atoms with van der Waals surface area (Å²) in [7, 11) is 1.25. The second-order valence-electron chi connectivity index (χ2n) is 4.53. The number of aromatic nitrogens is 3. The first-order valence-electron chi connectivity index (χ1n) is 5.24. The predicted octanol–water partition coefficient (Wildman–Crippen LogP) is 0.359. The highest BCUT2D eigenvalue weighted by Gasteiger charge is 2.22. The Bertz CT molecular complexity index is 461. The summed E-state index contributed by atoms with van der Waals surface area (Å²) >= 11 is 0. The van der Waals surface area contributed by atoms with E-state index in [9.17, 15) is 9.59 Å². The van der Waals surface area contributed by atoms with Gasteiger partial charge in [-0.1, -0.05) is 0 Å². The van der Waals surface area contributed by atoms with E-state index in [1.165, 1.54) is 7.11 Å². The summed E-state index contributed by atoms with van der Waals surface area (Å²) in [6.07, 6.45) is -0.903. The molecule has 8 heteroatoms. The zero-order valence-corrected chi connectivity index (χ0v) is 10.8. The molecule has 18 heavy (non-hydrogen) atoms. The van der Waals surface area contributed by atoms with E-state index >= 15 is 0 Å². The Morgan fingerprint density at radius 2 is 2.00 bits per heavy atom. The van der Waals surface area contributed by atoms with E-state index in [0.29, 0.717) is 0 Å². The SMILES string of the molecule is COC(=O)Cc1nc(N)n(C(=O)OC(C)(C)C)n1. The summed E-state index contributed by atoms with van der Waals surface area (Å²) in [5.74, 6) is -0.551.